The van der Waals surface area contributed by atoms with Gasteiger partial charge in [-0.1, -0.05) is 11.9 Å². The molecule has 1 aliphatic carbocycles. The van der Waals surface area contributed by atoms with Crippen molar-refractivity contribution in [3.05, 3.63) is 36.9 Å². The van der Waals surface area contributed by atoms with Crippen LogP contribution in [0.4, 0.5) is 0 Å². The van der Waals surface area contributed by atoms with Gasteiger partial charge in [-0.05, 0) is 30.5 Å². The van der Waals surface area contributed by atoms with Crippen molar-refractivity contribution in [2.45, 2.75) is 30.1 Å². The summed E-state index contributed by atoms with van der Waals surface area (Å²) < 4.78 is 4.39. The van der Waals surface area contributed by atoms with Gasteiger partial charge in [0.25, 0.3) is 0 Å². The van der Waals surface area contributed by atoms with E-state index in [2.05, 4.69) is 31.6 Å². The maximum Gasteiger partial charge on any atom is 0.137 e. The second-order valence-electron chi connectivity index (χ2n) is 6.93. The summed E-state index contributed by atoms with van der Waals surface area (Å²) in [5.41, 5.74) is 2.87. The molecule has 25 heavy (non-hydrogen) atoms. The highest BCUT2D eigenvalue weighted by molar-refractivity contribution is 7.97. The molecule has 0 radical (unpaired) electrons. The summed E-state index contributed by atoms with van der Waals surface area (Å²) in [6.07, 6.45) is 10.8. The smallest absolute Gasteiger partial charge is 0.137 e. The van der Waals surface area contributed by atoms with E-state index in [9.17, 15) is 5.26 Å². The minimum atomic E-state index is -0.195. The molecule has 6 nitrogen and oxygen atoms in total. The number of pyridine rings is 1. The van der Waals surface area contributed by atoms with Crippen LogP contribution in [0.1, 0.15) is 19.3 Å². The Kier molecular flexibility index (Phi) is 3.37. The number of aromatic nitrogens is 4. The molecule has 7 heteroatoms. The molecule has 1 saturated heterocycles. The molecular weight excluding hydrogens is 332 g/mol. The van der Waals surface area contributed by atoms with Gasteiger partial charge in [-0.3, -0.25) is 4.68 Å². The topological polar surface area (TPSA) is 73.5 Å². The van der Waals surface area contributed by atoms with Crippen LogP contribution < -0.4 is 0 Å². The molecule has 1 saturated carbocycles. The van der Waals surface area contributed by atoms with E-state index in [0.717, 1.165) is 40.5 Å². The van der Waals surface area contributed by atoms with Gasteiger partial charge in [0.15, 0.2) is 0 Å². The Morgan fingerprint density at radius 2 is 2.24 bits per heavy atom. The number of nitrogens with zero attached hydrogens (tertiary/aromatic N) is 5. The van der Waals surface area contributed by atoms with Crippen molar-refractivity contribution in [2.75, 3.05) is 13.1 Å². The number of fused-ring (bicyclic) bond motifs is 1. The number of nitrogens with one attached hydrogen (secondary N) is 1. The predicted octanol–water partition coefficient (Wildman–Crippen LogP) is 3.16. The van der Waals surface area contributed by atoms with Gasteiger partial charge in [-0.2, -0.15) is 10.4 Å². The highest BCUT2D eigenvalue weighted by Crippen LogP contribution is 2.44. The molecule has 0 aromatic carbocycles. The first-order valence-electron chi connectivity index (χ1n) is 8.54. The fraction of sp³-hybridized carbons (Fsp3) is 0.389. The Morgan fingerprint density at radius 3 is 3.04 bits per heavy atom. The maximum atomic E-state index is 9.32. The van der Waals surface area contributed by atoms with Crippen LogP contribution in [0.15, 0.2) is 36.9 Å². The third-order valence-corrected chi connectivity index (χ3v) is 6.34. The summed E-state index contributed by atoms with van der Waals surface area (Å²) >= 11 is 1.95. The molecule has 2 fully saturated rings. The summed E-state index contributed by atoms with van der Waals surface area (Å²) in [7, 11) is 0. The molecule has 0 bridgehead atoms. The van der Waals surface area contributed by atoms with Crippen LogP contribution >= 0.6 is 11.9 Å². The summed E-state index contributed by atoms with van der Waals surface area (Å²) in [6, 6.07) is 6.42. The van der Waals surface area contributed by atoms with Crippen molar-refractivity contribution in [1.82, 2.24) is 24.1 Å². The summed E-state index contributed by atoms with van der Waals surface area (Å²) in [6.45, 7) is 1.78. The number of H-pyrrole nitrogens is 1. The van der Waals surface area contributed by atoms with Crippen LogP contribution in [-0.4, -0.2) is 42.4 Å². The van der Waals surface area contributed by atoms with Crippen molar-refractivity contribution in [3.8, 4) is 17.2 Å². The lowest BCUT2D eigenvalue weighted by Gasteiger charge is -2.48. The summed E-state index contributed by atoms with van der Waals surface area (Å²) in [5.74, 6) is 0. The molecule has 0 spiro atoms. The van der Waals surface area contributed by atoms with Crippen molar-refractivity contribution in [3.63, 3.8) is 0 Å². The Hall–Kier alpha value is -2.30. The first-order chi connectivity index (χ1) is 12.3. The van der Waals surface area contributed by atoms with E-state index in [1.165, 1.54) is 12.8 Å². The molecular formula is C18H18N6S. The molecule has 1 aliphatic heterocycles. The largest absolute Gasteiger partial charge is 0.346 e. The first-order valence-corrected chi connectivity index (χ1v) is 9.37. The van der Waals surface area contributed by atoms with Crippen LogP contribution in [0.3, 0.4) is 0 Å². The number of nitriles is 1. The fourth-order valence-corrected chi connectivity index (χ4v) is 4.89. The molecule has 1 N–H and O–H groups in total. The van der Waals surface area contributed by atoms with E-state index in [-0.39, 0.29) is 5.54 Å². The molecule has 0 amide bonds. The van der Waals surface area contributed by atoms with Crippen molar-refractivity contribution >= 4 is 23.0 Å². The Balaban J connectivity index is 1.45. The van der Waals surface area contributed by atoms with Gasteiger partial charge in [0.05, 0.1) is 18.7 Å². The zero-order valence-corrected chi connectivity index (χ0v) is 14.5. The van der Waals surface area contributed by atoms with Crippen LogP contribution in [0, 0.1) is 11.3 Å². The fourth-order valence-electron chi connectivity index (χ4n) is 3.49. The number of hydrogen-bond acceptors (Lipinski definition) is 5. The van der Waals surface area contributed by atoms with Gasteiger partial charge < -0.3 is 4.98 Å². The standard InChI is InChI=1S/C18H18N6S/c19-6-5-18(11-23(12-18)25-14-1-2-14)24-10-13(9-22-24)15-3-7-20-17-16(15)4-8-21-17/h3-4,7-10,14H,1-2,5,11-12H2,(H,20,21). The second kappa shape index (κ2) is 5.61. The normalized spacial score (nSPS) is 19.6. The molecule has 4 heterocycles. The summed E-state index contributed by atoms with van der Waals surface area (Å²) in [5, 5.41) is 15.8. The molecule has 0 unspecified atom stereocenters. The highest BCUT2D eigenvalue weighted by atomic mass is 32.2. The van der Waals surface area contributed by atoms with Crippen LogP contribution in [0.2, 0.25) is 0 Å². The van der Waals surface area contributed by atoms with Gasteiger partial charge in [-0.25, -0.2) is 9.29 Å². The van der Waals surface area contributed by atoms with E-state index in [0.29, 0.717) is 6.42 Å². The molecule has 3 aromatic rings. The Bertz CT molecular complexity index is 957. The SMILES string of the molecule is N#CCC1(n2cc(-c3ccnc4[nH]ccc34)cn2)CN(SC2CC2)C1. The van der Waals surface area contributed by atoms with Crippen molar-refractivity contribution in [2.24, 2.45) is 0 Å². The molecule has 2 aliphatic rings. The average molecular weight is 350 g/mol. The van der Waals surface area contributed by atoms with Gasteiger partial charge in [-0.15, -0.1) is 0 Å². The molecule has 126 valence electrons. The number of rotatable bonds is 5. The van der Waals surface area contributed by atoms with Gasteiger partial charge in [0.1, 0.15) is 11.2 Å². The molecule has 5 rings (SSSR count). The lowest BCUT2D eigenvalue weighted by molar-refractivity contribution is 0.0810. The lowest BCUT2D eigenvalue weighted by atomic mass is 9.89. The van der Waals surface area contributed by atoms with E-state index in [1.54, 1.807) is 0 Å². The molecule has 0 atom stereocenters. The molecule has 3 aromatic heterocycles. The zero-order chi connectivity index (χ0) is 16.9. The van der Waals surface area contributed by atoms with Crippen molar-refractivity contribution < 1.29 is 0 Å². The minimum Gasteiger partial charge on any atom is -0.346 e. The van der Waals surface area contributed by atoms with Crippen LogP contribution in [0.25, 0.3) is 22.2 Å². The average Bonchev–Trinajstić information content (AvgIpc) is 3.09. The number of aromatic amines is 1. The Morgan fingerprint density at radius 1 is 1.36 bits per heavy atom. The quantitative estimate of drug-likeness (QED) is 0.716. The lowest BCUT2D eigenvalue weighted by Crippen LogP contribution is -2.60. The van der Waals surface area contributed by atoms with E-state index in [1.807, 2.05) is 47.4 Å². The van der Waals surface area contributed by atoms with Gasteiger partial charge >= 0.3 is 0 Å². The first kappa shape index (κ1) is 15.0. The minimum absolute atomic E-state index is 0.195. The zero-order valence-electron chi connectivity index (χ0n) is 13.7. The van der Waals surface area contributed by atoms with Crippen LogP contribution in [-0.2, 0) is 5.54 Å². The highest BCUT2D eigenvalue weighted by Gasteiger charge is 2.47. The van der Waals surface area contributed by atoms with E-state index >= 15 is 0 Å². The third-order valence-electron chi connectivity index (χ3n) is 5.01. The monoisotopic (exact) mass is 350 g/mol. The maximum absolute atomic E-state index is 9.32. The van der Waals surface area contributed by atoms with Gasteiger partial charge in [0, 0.05) is 47.9 Å². The van der Waals surface area contributed by atoms with E-state index in [4.69, 9.17) is 0 Å². The van der Waals surface area contributed by atoms with Crippen molar-refractivity contribution in [1.29, 1.82) is 5.26 Å². The van der Waals surface area contributed by atoms with E-state index < -0.39 is 0 Å². The predicted molar refractivity (Wildman–Crippen MR) is 97.7 cm³/mol. The Labute approximate surface area is 150 Å². The van der Waals surface area contributed by atoms with Crippen LogP contribution in [0.5, 0.6) is 0 Å². The van der Waals surface area contributed by atoms with Gasteiger partial charge in [0.2, 0.25) is 0 Å². The number of hydrogen-bond donors (Lipinski definition) is 1. The summed E-state index contributed by atoms with van der Waals surface area (Å²) in [4.78, 5) is 7.50. The third kappa shape index (κ3) is 2.53. The second-order valence-corrected chi connectivity index (χ2v) is 8.33.